The lowest BCUT2D eigenvalue weighted by Gasteiger charge is -2.26. The zero-order chi connectivity index (χ0) is 12.4. The summed E-state index contributed by atoms with van der Waals surface area (Å²) >= 11 is 1.89. The maximum absolute atomic E-state index is 3.49. The number of piperidine rings is 1. The van der Waals surface area contributed by atoms with Crippen LogP contribution in [0.25, 0.3) is 0 Å². The van der Waals surface area contributed by atoms with Crippen LogP contribution in [0.2, 0.25) is 0 Å². The van der Waals surface area contributed by atoms with Gasteiger partial charge in [0.25, 0.3) is 0 Å². The molecule has 1 aliphatic heterocycles. The number of hydrogen-bond acceptors (Lipinski definition) is 3. The standard InChI is InChI=1S/C15H24N2S/c1-2-17(12-14-4-3-9-18-14)11-13-10-15(13)5-7-16-8-6-15/h3-4,9,13,16H,2,5-8,10-12H2,1H3. The first-order valence-electron chi connectivity index (χ1n) is 7.28. The van der Waals surface area contributed by atoms with Crippen LogP contribution in [-0.2, 0) is 6.54 Å². The molecule has 1 aromatic heterocycles. The van der Waals surface area contributed by atoms with Gasteiger partial charge in [-0.1, -0.05) is 13.0 Å². The Balaban J connectivity index is 1.52. The lowest BCUT2D eigenvalue weighted by Crippen LogP contribution is -2.32. The van der Waals surface area contributed by atoms with E-state index in [1.807, 2.05) is 11.3 Å². The molecule has 3 rings (SSSR count). The van der Waals surface area contributed by atoms with Crippen molar-refractivity contribution in [2.24, 2.45) is 11.3 Å². The molecule has 2 fully saturated rings. The minimum atomic E-state index is 0.730. The van der Waals surface area contributed by atoms with E-state index in [2.05, 4.69) is 34.7 Å². The third-order valence-electron chi connectivity index (χ3n) is 4.84. The van der Waals surface area contributed by atoms with Gasteiger partial charge in [-0.2, -0.15) is 0 Å². The van der Waals surface area contributed by atoms with Gasteiger partial charge in [-0.25, -0.2) is 0 Å². The molecular formula is C15H24N2S. The average Bonchev–Trinajstić information content (AvgIpc) is 2.82. The van der Waals surface area contributed by atoms with Crippen LogP contribution in [0.15, 0.2) is 17.5 Å². The van der Waals surface area contributed by atoms with Gasteiger partial charge in [0.2, 0.25) is 0 Å². The van der Waals surface area contributed by atoms with Crippen molar-refractivity contribution in [2.75, 3.05) is 26.2 Å². The molecule has 1 aromatic rings. The van der Waals surface area contributed by atoms with Gasteiger partial charge >= 0.3 is 0 Å². The van der Waals surface area contributed by atoms with Gasteiger partial charge in [0.15, 0.2) is 0 Å². The summed E-state index contributed by atoms with van der Waals surface area (Å²) in [6, 6.07) is 4.43. The number of hydrogen-bond donors (Lipinski definition) is 1. The zero-order valence-electron chi connectivity index (χ0n) is 11.3. The van der Waals surface area contributed by atoms with Crippen molar-refractivity contribution in [3.63, 3.8) is 0 Å². The molecule has 2 aliphatic rings. The summed E-state index contributed by atoms with van der Waals surface area (Å²) < 4.78 is 0. The highest BCUT2D eigenvalue weighted by atomic mass is 32.1. The summed E-state index contributed by atoms with van der Waals surface area (Å²) in [7, 11) is 0. The van der Waals surface area contributed by atoms with Crippen molar-refractivity contribution in [2.45, 2.75) is 32.7 Å². The van der Waals surface area contributed by atoms with Gasteiger partial charge in [-0.05, 0) is 61.7 Å². The van der Waals surface area contributed by atoms with Crippen LogP contribution in [-0.4, -0.2) is 31.1 Å². The maximum Gasteiger partial charge on any atom is 0.0327 e. The third kappa shape index (κ3) is 2.63. The van der Waals surface area contributed by atoms with Crippen LogP contribution < -0.4 is 5.32 Å². The first-order valence-corrected chi connectivity index (χ1v) is 8.16. The highest BCUT2D eigenvalue weighted by Gasteiger charge is 2.53. The zero-order valence-corrected chi connectivity index (χ0v) is 12.1. The quantitative estimate of drug-likeness (QED) is 0.879. The van der Waals surface area contributed by atoms with Gasteiger partial charge in [-0.3, -0.25) is 4.90 Å². The normalized spacial score (nSPS) is 25.8. The Morgan fingerprint density at radius 2 is 2.28 bits per heavy atom. The van der Waals surface area contributed by atoms with Crippen molar-refractivity contribution in [1.82, 2.24) is 10.2 Å². The summed E-state index contributed by atoms with van der Waals surface area (Å²) in [5.41, 5.74) is 0.730. The number of rotatable bonds is 5. The molecular weight excluding hydrogens is 240 g/mol. The van der Waals surface area contributed by atoms with Crippen LogP contribution in [0.3, 0.4) is 0 Å². The lowest BCUT2D eigenvalue weighted by atomic mass is 9.92. The van der Waals surface area contributed by atoms with Crippen molar-refractivity contribution < 1.29 is 0 Å². The third-order valence-corrected chi connectivity index (χ3v) is 5.70. The number of thiophene rings is 1. The highest BCUT2D eigenvalue weighted by Crippen LogP contribution is 2.58. The second kappa shape index (κ2) is 5.32. The summed E-state index contributed by atoms with van der Waals surface area (Å²) in [6.45, 7) is 8.43. The second-order valence-electron chi connectivity index (χ2n) is 5.92. The van der Waals surface area contributed by atoms with Gasteiger partial charge in [-0.15, -0.1) is 11.3 Å². The fourth-order valence-electron chi connectivity index (χ4n) is 3.47. The molecule has 2 nitrogen and oxygen atoms in total. The Hall–Kier alpha value is -0.380. The summed E-state index contributed by atoms with van der Waals surface area (Å²) in [5, 5.41) is 5.68. The molecule has 1 saturated carbocycles. The first kappa shape index (κ1) is 12.6. The molecule has 100 valence electrons. The first-order chi connectivity index (χ1) is 8.82. The maximum atomic E-state index is 3.49. The van der Waals surface area contributed by atoms with E-state index in [9.17, 15) is 0 Å². The van der Waals surface area contributed by atoms with Crippen LogP contribution in [0.4, 0.5) is 0 Å². The smallest absolute Gasteiger partial charge is 0.0327 e. The molecule has 2 heterocycles. The van der Waals surface area contributed by atoms with Crippen LogP contribution in [0.5, 0.6) is 0 Å². The molecule has 1 saturated heterocycles. The van der Waals surface area contributed by atoms with E-state index in [0.717, 1.165) is 17.9 Å². The topological polar surface area (TPSA) is 15.3 Å². The Morgan fingerprint density at radius 3 is 2.94 bits per heavy atom. The molecule has 1 spiro atoms. The highest BCUT2D eigenvalue weighted by molar-refractivity contribution is 7.09. The van der Waals surface area contributed by atoms with Crippen molar-refractivity contribution in [3.8, 4) is 0 Å². The largest absolute Gasteiger partial charge is 0.317 e. The fraction of sp³-hybridized carbons (Fsp3) is 0.733. The van der Waals surface area contributed by atoms with E-state index in [0.29, 0.717) is 0 Å². The van der Waals surface area contributed by atoms with Crippen molar-refractivity contribution in [3.05, 3.63) is 22.4 Å². The predicted molar refractivity (Wildman–Crippen MR) is 77.9 cm³/mol. The molecule has 18 heavy (non-hydrogen) atoms. The van der Waals surface area contributed by atoms with E-state index in [1.54, 1.807) is 0 Å². The summed E-state index contributed by atoms with van der Waals surface area (Å²) in [6.07, 6.45) is 4.30. The molecule has 1 unspecified atom stereocenters. The van der Waals surface area contributed by atoms with Crippen LogP contribution >= 0.6 is 11.3 Å². The van der Waals surface area contributed by atoms with Gasteiger partial charge in [0.1, 0.15) is 0 Å². The van der Waals surface area contributed by atoms with Gasteiger partial charge in [0.05, 0.1) is 0 Å². The van der Waals surface area contributed by atoms with E-state index < -0.39 is 0 Å². The molecule has 0 radical (unpaired) electrons. The van der Waals surface area contributed by atoms with Crippen molar-refractivity contribution in [1.29, 1.82) is 0 Å². The van der Waals surface area contributed by atoms with E-state index in [1.165, 1.54) is 50.3 Å². The summed E-state index contributed by atoms with van der Waals surface area (Å²) in [5.74, 6) is 0.972. The minimum absolute atomic E-state index is 0.730. The monoisotopic (exact) mass is 264 g/mol. The molecule has 0 bridgehead atoms. The van der Waals surface area contributed by atoms with E-state index >= 15 is 0 Å². The van der Waals surface area contributed by atoms with Crippen LogP contribution in [0.1, 0.15) is 31.1 Å². The average molecular weight is 264 g/mol. The Kier molecular flexibility index (Phi) is 3.73. The van der Waals surface area contributed by atoms with E-state index in [4.69, 9.17) is 0 Å². The predicted octanol–water partition coefficient (Wildman–Crippen LogP) is 2.96. The molecule has 3 heteroatoms. The number of nitrogens with zero attached hydrogens (tertiary/aromatic N) is 1. The molecule has 1 N–H and O–H groups in total. The van der Waals surface area contributed by atoms with Gasteiger partial charge in [0, 0.05) is 18.0 Å². The number of nitrogens with one attached hydrogen (secondary N) is 1. The summed E-state index contributed by atoms with van der Waals surface area (Å²) in [4.78, 5) is 4.14. The SMILES string of the molecule is CCN(Cc1cccs1)CC1CC12CCNCC2. The Morgan fingerprint density at radius 1 is 1.44 bits per heavy atom. The second-order valence-corrected chi connectivity index (χ2v) is 6.95. The van der Waals surface area contributed by atoms with E-state index in [-0.39, 0.29) is 0 Å². The molecule has 0 amide bonds. The Bertz CT molecular complexity index is 368. The fourth-order valence-corrected chi connectivity index (χ4v) is 4.21. The molecule has 0 aromatic carbocycles. The lowest BCUT2D eigenvalue weighted by molar-refractivity contribution is 0.233. The molecule has 1 atom stereocenters. The van der Waals surface area contributed by atoms with Crippen LogP contribution in [0, 0.1) is 11.3 Å². The van der Waals surface area contributed by atoms with Crippen molar-refractivity contribution >= 4 is 11.3 Å². The van der Waals surface area contributed by atoms with Gasteiger partial charge < -0.3 is 5.32 Å². The Labute approximate surface area is 114 Å². The molecule has 1 aliphatic carbocycles. The minimum Gasteiger partial charge on any atom is -0.317 e.